The Morgan fingerprint density at radius 2 is 1.53 bits per heavy atom. The van der Waals surface area contributed by atoms with Gasteiger partial charge in [-0.15, -0.1) is 0 Å². The normalized spacial score (nSPS) is 9.37. The van der Waals surface area contributed by atoms with Crippen molar-refractivity contribution in [2.45, 2.75) is 52.4 Å². The molecule has 0 spiro atoms. The molecule has 0 nitrogen and oxygen atoms in total. The third-order valence-corrected chi connectivity index (χ3v) is 3.16. The average Bonchev–Trinajstić information content (AvgIpc) is 3.07. The van der Waals surface area contributed by atoms with E-state index >= 15 is 0 Å². The van der Waals surface area contributed by atoms with E-state index in [1.54, 1.807) is 11.1 Å². The molecule has 0 amide bonds. The van der Waals surface area contributed by atoms with Crippen LogP contribution in [0.15, 0.2) is 48.5 Å². The van der Waals surface area contributed by atoms with Crippen molar-refractivity contribution in [2.24, 2.45) is 0 Å². The number of hydrogen-bond donors (Lipinski definition) is 0. The van der Waals surface area contributed by atoms with Crippen LogP contribution in [0.4, 0.5) is 0 Å². The van der Waals surface area contributed by atoms with E-state index in [0.29, 0.717) is 0 Å². The molecule has 0 aliphatic rings. The number of aryl methyl sites for hydroxylation is 2. The SMILES string of the molecule is CCCCc1ccc[c-]1CCCC.[Cr].[cH-]1[cH-][cH-][cH-][cH-]1. The molecule has 0 aromatic heterocycles. The zero-order chi connectivity index (χ0) is 13.1. The van der Waals surface area contributed by atoms with Gasteiger partial charge in [-0.3, -0.25) is 0 Å². The summed E-state index contributed by atoms with van der Waals surface area (Å²) in [6.45, 7) is 4.52. The van der Waals surface area contributed by atoms with Crippen molar-refractivity contribution >= 4 is 0 Å². The van der Waals surface area contributed by atoms with E-state index in [1.165, 1.54) is 38.5 Å². The van der Waals surface area contributed by atoms with E-state index in [2.05, 4.69) is 32.0 Å². The van der Waals surface area contributed by atoms with Crippen LogP contribution in [0.5, 0.6) is 0 Å². The first kappa shape index (κ1) is 18.2. The molecule has 0 N–H and O–H groups in total. The van der Waals surface area contributed by atoms with Gasteiger partial charge in [-0.2, -0.15) is 17.2 Å². The number of rotatable bonds is 6. The van der Waals surface area contributed by atoms with Gasteiger partial charge in [0.15, 0.2) is 0 Å². The number of hydrogen-bond acceptors (Lipinski definition) is 0. The first-order valence-corrected chi connectivity index (χ1v) is 7.28. The Morgan fingerprint density at radius 1 is 0.947 bits per heavy atom. The Bertz CT molecular complexity index is 330. The van der Waals surface area contributed by atoms with Gasteiger partial charge in [0.2, 0.25) is 0 Å². The molecule has 0 aliphatic carbocycles. The van der Waals surface area contributed by atoms with Crippen LogP contribution in [-0.4, -0.2) is 0 Å². The summed E-state index contributed by atoms with van der Waals surface area (Å²) in [6.07, 6.45) is 7.84. The van der Waals surface area contributed by atoms with Crippen molar-refractivity contribution in [3.05, 3.63) is 59.7 Å². The topological polar surface area (TPSA) is 0 Å². The van der Waals surface area contributed by atoms with Gasteiger partial charge in [-0.1, -0.05) is 52.4 Å². The molecule has 0 heterocycles. The van der Waals surface area contributed by atoms with Crippen molar-refractivity contribution in [3.63, 3.8) is 0 Å². The standard InChI is InChI=1S/C13H21.C5H5.Cr/c1-3-5-8-12-10-7-11-13(12)9-6-4-2;1-2-4-5-3-1;/h7,10-11H,3-6,8-9H2,1-2H3;1-5H;/q-1;-5;. The van der Waals surface area contributed by atoms with Gasteiger partial charge in [0.25, 0.3) is 0 Å². The molecule has 1 heteroatoms. The first-order valence-electron chi connectivity index (χ1n) is 7.28. The Kier molecular flexibility index (Phi) is 11.8. The van der Waals surface area contributed by atoms with Crippen LogP contribution in [-0.2, 0) is 30.2 Å². The molecule has 0 saturated carbocycles. The third kappa shape index (κ3) is 8.09. The molecule has 0 atom stereocenters. The molecule has 2 aromatic rings. The van der Waals surface area contributed by atoms with Crippen LogP contribution in [0, 0.1) is 0 Å². The minimum atomic E-state index is 0. The third-order valence-electron chi connectivity index (χ3n) is 3.16. The second kappa shape index (κ2) is 12.3. The van der Waals surface area contributed by atoms with E-state index in [4.69, 9.17) is 0 Å². The van der Waals surface area contributed by atoms with Gasteiger partial charge >= 0.3 is 0 Å². The fourth-order valence-electron chi connectivity index (χ4n) is 2.04. The van der Waals surface area contributed by atoms with Crippen molar-refractivity contribution < 1.29 is 17.4 Å². The number of unbranched alkanes of at least 4 members (excludes halogenated alkanes) is 2. The molecule has 110 valence electrons. The molecule has 0 unspecified atom stereocenters. The van der Waals surface area contributed by atoms with E-state index in [-0.39, 0.29) is 17.4 Å². The van der Waals surface area contributed by atoms with E-state index in [9.17, 15) is 0 Å². The summed E-state index contributed by atoms with van der Waals surface area (Å²) in [5.41, 5.74) is 3.19. The van der Waals surface area contributed by atoms with Crippen LogP contribution in [0.3, 0.4) is 0 Å². The van der Waals surface area contributed by atoms with E-state index in [0.717, 1.165) is 0 Å². The van der Waals surface area contributed by atoms with Crippen LogP contribution < -0.4 is 0 Å². The smallest absolute Gasteiger partial charge is 0 e. The fraction of sp³-hybridized carbons (Fsp3) is 0.444. The second-order valence-corrected chi connectivity index (χ2v) is 4.75. The van der Waals surface area contributed by atoms with Gasteiger partial charge in [-0.05, 0) is 0 Å². The maximum atomic E-state index is 2.29. The monoisotopic (exact) mass is 294 g/mol. The maximum Gasteiger partial charge on any atom is 0 e. The summed E-state index contributed by atoms with van der Waals surface area (Å²) in [6, 6.07) is 16.8. The summed E-state index contributed by atoms with van der Waals surface area (Å²) < 4.78 is 0. The summed E-state index contributed by atoms with van der Waals surface area (Å²) in [5.74, 6) is 0. The quantitative estimate of drug-likeness (QED) is 0.618. The van der Waals surface area contributed by atoms with E-state index < -0.39 is 0 Å². The average molecular weight is 294 g/mol. The summed E-state index contributed by atoms with van der Waals surface area (Å²) in [4.78, 5) is 0. The van der Waals surface area contributed by atoms with Crippen LogP contribution in [0.25, 0.3) is 0 Å². The molecule has 0 fully saturated rings. The predicted octanol–water partition coefficient (Wildman–Crippen LogP) is 5.49. The minimum absolute atomic E-state index is 0. The molecule has 0 radical (unpaired) electrons. The van der Waals surface area contributed by atoms with Crippen molar-refractivity contribution in [2.75, 3.05) is 0 Å². The van der Waals surface area contributed by atoms with Gasteiger partial charge in [-0.25, -0.2) is 12.1 Å². The Labute approximate surface area is 129 Å². The Morgan fingerprint density at radius 3 is 2.05 bits per heavy atom. The molecular formula is C18H26Cr-6. The van der Waals surface area contributed by atoms with Gasteiger partial charge in [0, 0.05) is 17.4 Å². The van der Waals surface area contributed by atoms with E-state index in [1.807, 2.05) is 30.3 Å². The molecule has 0 saturated heterocycles. The van der Waals surface area contributed by atoms with Crippen molar-refractivity contribution in [1.29, 1.82) is 0 Å². The summed E-state index contributed by atoms with van der Waals surface area (Å²) >= 11 is 0. The molecule has 0 bridgehead atoms. The summed E-state index contributed by atoms with van der Waals surface area (Å²) in [7, 11) is 0. The van der Waals surface area contributed by atoms with Gasteiger partial charge < -0.3 is 30.3 Å². The van der Waals surface area contributed by atoms with Crippen molar-refractivity contribution in [3.8, 4) is 0 Å². The zero-order valence-electron chi connectivity index (χ0n) is 12.3. The fourth-order valence-corrected chi connectivity index (χ4v) is 2.04. The van der Waals surface area contributed by atoms with Gasteiger partial charge in [0.1, 0.15) is 0 Å². The Balaban J connectivity index is 0.000000454. The zero-order valence-corrected chi connectivity index (χ0v) is 13.5. The molecule has 0 aliphatic heterocycles. The first-order chi connectivity index (χ1) is 8.88. The van der Waals surface area contributed by atoms with Crippen molar-refractivity contribution in [1.82, 2.24) is 0 Å². The molecular weight excluding hydrogens is 268 g/mol. The maximum absolute atomic E-state index is 2.29. The molecule has 2 rings (SSSR count). The Hall–Kier alpha value is -0.768. The summed E-state index contributed by atoms with van der Waals surface area (Å²) in [5, 5.41) is 0. The van der Waals surface area contributed by atoms with Crippen LogP contribution in [0.1, 0.15) is 50.7 Å². The largest absolute Gasteiger partial charge is 0.748 e. The van der Waals surface area contributed by atoms with Crippen LogP contribution >= 0.6 is 0 Å². The van der Waals surface area contributed by atoms with Gasteiger partial charge in [0.05, 0.1) is 0 Å². The molecule has 2 aromatic carbocycles. The second-order valence-electron chi connectivity index (χ2n) is 4.75. The minimum Gasteiger partial charge on any atom is -0.748 e. The molecule has 19 heavy (non-hydrogen) atoms. The predicted molar refractivity (Wildman–Crippen MR) is 81.3 cm³/mol. The van der Waals surface area contributed by atoms with Crippen LogP contribution in [0.2, 0.25) is 0 Å².